The van der Waals surface area contributed by atoms with Crippen molar-refractivity contribution < 1.29 is 14.1 Å². The number of nitrogens with zero attached hydrogens (tertiary/aromatic N) is 2. The van der Waals surface area contributed by atoms with Crippen LogP contribution in [0.3, 0.4) is 0 Å². The Labute approximate surface area is 157 Å². The van der Waals surface area contributed by atoms with E-state index in [-0.39, 0.29) is 11.5 Å². The minimum absolute atomic E-state index is 0.0571. The molecule has 7 nitrogen and oxygen atoms in total. The predicted molar refractivity (Wildman–Crippen MR) is 102 cm³/mol. The van der Waals surface area contributed by atoms with E-state index in [9.17, 15) is 14.5 Å². The van der Waals surface area contributed by atoms with Gasteiger partial charge in [-0.15, -0.1) is 0 Å². The fourth-order valence-electron chi connectivity index (χ4n) is 2.28. The zero-order valence-corrected chi connectivity index (χ0v) is 15.2. The summed E-state index contributed by atoms with van der Waals surface area (Å²) in [6.45, 7) is 2.20. The Balaban J connectivity index is 1.96. The molecule has 0 amide bonds. The van der Waals surface area contributed by atoms with Crippen LogP contribution in [0.5, 0.6) is 0 Å². The van der Waals surface area contributed by atoms with Crippen LogP contribution in [0, 0.1) is 15.9 Å². The van der Waals surface area contributed by atoms with Gasteiger partial charge in [0.15, 0.2) is 5.96 Å². The number of guanidine groups is 1. The SMILES string of the molecule is COCCCNC(=NCc1ccc(F)cc1)NCc1ccc([N+](=O)[O-])cc1. The van der Waals surface area contributed by atoms with Gasteiger partial charge in [0.05, 0.1) is 11.5 Å². The molecule has 2 N–H and O–H groups in total. The smallest absolute Gasteiger partial charge is 0.269 e. The highest BCUT2D eigenvalue weighted by Gasteiger charge is 2.05. The molecule has 0 saturated heterocycles. The summed E-state index contributed by atoms with van der Waals surface area (Å²) in [7, 11) is 1.65. The van der Waals surface area contributed by atoms with Gasteiger partial charge in [-0.1, -0.05) is 24.3 Å². The third-order valence-electron chi connectivity index (χ3n) is 3.76. The number of halogens is 1. The van der Waals surface area contributed by atoms with Crippen molar-refractivity contribution in [3.05, 3.63) is 75.6 Å². The molecule has 0 heterocycles. The van der Waals surface area contributed by atoms with Gasteiger partial charge in [-0.2, -0.15) is 0 Å². The molecule has 0 aliphatic carbocycles. The van der Waals surface area contributed by atoms with Gasteiger partial charge in [0, 0.05) is 38.9 Å². The monoisotopic (exact) mass is 374 g/mol. The highest BCUT2D eigenvalue weighted by Crippen LogP contribution is 2.11. The van der Waals surface area contributed by atoms with E-state index in [1.165, 1.54) is 24.3 Å². The largest absolute Gasteiger partial charge is 0.385 e. The van der Waals surface area contributed by atoms with Crippen LogP contribution in [0.25, 0.3) is 0 Å². The van der Waals surface area contributed by atoms with Gasteiger partial charge in [-0.25, -0.2) is 9.38 Å². The van der Waals surface area contributed by atoms with Crippen molar-refractivity contribution in [3.8, 4) is 0 Å². The standard InChI is InChI=1S/C19H23FN4O3/c1-27-12-2-11-21-19(22-13-15-3-7-17(20)8-4-15)23-14-16-5-9-18(10-6-16)24(25)26/h3-10H,2,11-14H2,1H3,(H2,21,22,23). The van der Waals surface area contributed by atoms with Crippen LogP contribution in [-0.4, -0.2) is 31.1 Å². The van der Waals surface area contributed by atoms with E-state index in [4.69, 9.17) is 4.74 Å². The maximum atomic E-state index is 13.0. The zero-order valence-electron chi connectivity index (χ0n) is 15.2. The molecular formula is C19H23FN4O3. The number of methoxy groups -OCH3 is 1. The first-order valence-corrected chi connectivity index (χ1v) is 8.57. The lowest BCUT2D eigenvalue weighted by atomic mass is 10.2. The second-order valence-corrected chi connectivity index (χ2v) is 5.84. The second-order valence-electron chi connectivity index (χ2n) is 5.84. The van der Waals surface area contributed by atoms with Gasteiger partial charge in [0.25, 0.3) is 5.69 Å². The molecule has 0 saturated carbocycles. The number of non-ortho nitro benzene ring substituents is 1. The van der Waals surface area contributed by atoms with Gasteiger partial charge >= 0.3 is 0 Å². The van der Waals surface area contributed by atoms with Crippen molar-refractivity contribution in [2.75, 3.05) is 20.3 Å². The molecule has 0 radical (unpaired) electrons. The molecule has 0 bridgehead atoms. The molecule has 27 heavy (non-hydrogen) atoms. The van der Waals surface area contributed by atoms with E-state index in [1.807, 2.05) is 0 Å². The fraction of sp³-hybridized carbons (Fsp3) is 0.316. The highest BCUT2D eigenvalue weighted by atomic mass is 19.1. The first kappa shape index (κ1) is 20.3. The van der Waals surface area contributed by atoms with Gasteiger partial charge in [-0.05, 0) is 29.7 Å². The second kappa shape index (κ2) is 10.9. The molecule has 2 aromatic rings. The van der Waals surface area contributed by atoms with Crippen molar-refractivity contribution in [1.29, 1.82) is 0 Å². The number of hydrogen-bond donors (Lipinski definition) is 2. The number of nitro benzene ring substituents is 1. The summed E-state index contributed by atoms with van der Waals surface area (Å²) >= 11 is 0. The Morgan fingerprint density at radius 1 is 1.11 bits per heavy atom. The molecule has 8 heteroatoms. The number of aliphatic imine (C=N–C) groups is 1. The summed E-state index contributed by atoms with van der Waals surface area (Å²) in [5, 5.41) is 17.1. The Hall–Kier alpha value is -3.00. The molecule has 0 fully saturated rings. The Kier molecular flexibility index (Phi) is 8.18. The normalized spacial score (nSPS) is 11.3. The van der Waals surface area contributed by atoms with Crippen LogP contribution < -0.4 is 10.6 Å². The molecule has 0 spiro atoms. The number of ether oxygens (including phenoxy) is 1. The summed E-state index contributed by atoms with van der Waals surface area (Å²) < 4.78 is 18.0. The lowest BCUT2D eigenvalue weighted by molar-refractivity contribution is -0.384. The Bertz CT molecular complexity index is 749. The summed E-state index contributed by atoms with van der Waals surface area (Å²) in [6.07, 6.45) is 0.825. The molecule has 0 aliphatic heterocycles. The van der Waals surface area contributed by atoms with Gasteiger partial charge < -0.3 is 15.4 Å². The molecule has 2 aromatic carbocycles. The third kappa shape index (κ3) is 7.41. The molecule has 2 rings (SSSR count). The number of hydrogen-bond acceptors (Lipinski definition) is 4. The summed E-state index contributed by atoms with van der Waals surface area (Å²) in [6, 6.07) is 12.5. The third-order valence-corrected chi connectivity index (χ3v) is 3.76. The van der Waals surface area contributed by atoms with Crippen molar-refractivity contribution in [3.63, 3.8) is 0 Å². The zero-order chi connectivity index (χ0) is 19.5. The topological polar surface area (TPSA) is 88.8 Å². The molecule has 0 unspecified atom stereocenters. The van der Waals surface area contributed by atoms with E-state index < -0.39 is 4.92 Å². The number of nitrogens with one attached hydrogen (secondary N) is 2. The van der Waals surface area contributed by atoms with Crippen LogP contribution in [0.2, 0.25) is 0 Å². The summed E-state index contributed by atoms with van der Waals surface area (Å²) in [4.78, 5) is 14.8. The summed E-state index contributed by atoms with van der Waals surface area (Å²) in [5.41, 5.74) is 1.85. The fourth-order valence-corrected chi connectivity index (χ4v) is 2.28. The molecule has 144 valence electrons. The van der Waals surface area contributed by atoms with Crippen molar-refractivity contribution in [1.82, 2.24) is 10.6 Å². The lowest BCUT2D eigenvalue weighted by Gasteiger charge is -2.13. The van der Waals surface area contributed by atoms with Crippen LogP contribution in [-0.2, 0) is 17.8 Å². The number of rotatable bonds is 9. The number of nitro groups is 1. The molecule has 0 aliphatic rings. The quantitative estimate of drug-likeness (QED) is 0.232. The average molecular weight is 374 g/mol. The van der Waals surface area contributed by atoms with Crippen LogP contribution in [0.1, 0.15) is 17.5 Å². The first-order chi connectivity index (χ1) is 13.1. The van der Waals surface area contributed by atoms with Crippen molar-refractivity contribution in [2.45, 2.75) is 19.5 Å². The molecular weight excluding hydrogens is 351 g/mol. The van der Waals surface area contributed by atoms with Gasteiger partial charge in [0.1, 0.15) is 5.82 Å². The molecule has 0 atom stereocenters. The van der Waals surface area contributed by atoms with Crippen LogP contribution >= 0.6 is 0 Å². The minimum atomic E-state index is -0.426. The van der Waals surface area contributed by atoms with E-state index >= 15 is 0 Å². The number of benzene rings is 2. The Morgan fingerprint density at radius 2 is 1.78 bits per heavy atom. The predicted octanol–water partition coefficient (Wildman–Crippen LogP) is 3.01. The van der Waals surface area contributed by atoms with E-state index in [0.717, 1.165) is 17.5 Å². The van der Waals surface area contributed by atoms with Gasteiger partial charge in [-0.3, -0.25) is 10.1 Å². The lowest BCUT2D eigenvalue weighted by Crippen LogP contribution is -2.37. The van der Waals surface area contributed by atoms with Crippen molar-refractivity contribution >= 4 is 11.6 Å². The van der Waals surface area contributed by atoms with Gasteiger partial charge in [0.2, 0.25) is 0 Å². The van der Waals surface area contributed by atoms with E-state index in [0.29, 0.717) is 32.2 Å². The minimum Gasteiger partial charge on any atom is -0.385 e. The van der Waals surface area contributed by atoms with Crippen LogP contribution in [0.15, 0.2) is 53.5 Å². The maximum absolute atomic E-state index is 13.0. The van der Waals surface area contributed by atoms with Crippen LogP contribution in [0.4, 0.5) is 10.1 Å². The van der Waals surface area contributed by atoms with E-state index in [1.54, 1.807) is 31.4 Å². The summed E-state index contributed by atoms with van der Waals surface area (Å²) in [5.74, 6) is 0.325. The highest BCUT2D eigenvalue weighted by molar-refractivity contribution is 5.79. The van der Waals surface area contributed by atoms with Crippen molar-refractivity contribution in [2.24, 2.45) is 4.99 Å². The maximum Gasteiger partial charge on any atom is 0.269 e. The van der Waals surface area contributed by atoms with E-state index in [2.05, 4.69) is 15.6 Å². The molecule has 0 aromatic heterocycles. The Morgan fingerprint density at radius 3 is 2.41 bits per heavy atom. The average Bonchev–Trinajstić information content (AvgIpc) is 2.68. The first-order valence-electron chi connectivity index (χ1n) is 8.57.